The number of amides is 1. The number of thioether (sulfide) groups is 1. The SMILES string of the molecule is Cc1cccc(C2=NN3C(=N)/C(=C/c4cc(C)n(-c5ccccc5)c4C)C(=O)N=C3S2)c1. The number of hydrazone groups is 1. The van der Waals surface area contributed by atoms with Crippen molar-refractivity contribution in [3.05, 3.63) is 94.3 Å². The summed E-state index contributed by atoms with van der Waals surface area (Å²) in [7, 11) is 0. The number of nitrogens with one attached hydrogen (secondary N) is 1. The van der Waals surface area contributed by atoms with Crippen molar-refractivity contribution in [2.24, 2.45) is 10.1 Å². The van der Waals surface area contributed by atoms with E-state index in [1.807, 2.05) is 81.4 Å². The van der Waals surface area contributed by atoms with E-state index in [9.17, 15) is 4.79 Å². The van der Waals surface area contributed by atoms with Gasteiger partial charge in [-0.1, -0.05) is 42.0 Å². The van der Waals surface area contributed by atoms with Gasteiger partial charge in [0.1, 0.15) is 5.04 Å². The van der Waals surface area contributed by atoms with Crippen LogP contribution in [-0.4, -0.2) is 31.5 Å². The highest BCUT2D eigenvalue weighted by molar-refractivity contribution is 8.27. The number of aromatic nitrogens is 1. The van der Waals surface area contributed by atoms with Gasteiger partial charge in [-0.3, -0.25) is 10.2 Å². The topological polar surface area (TPSA) is 73.8 Å². The molecule has 6 nitrogen and oxygen atoms in total. The van der Waals surface area contributed by atoms with Crippen LogP contribution in [0.5, 0.6) is 0 Å². The van der Waals surface area contributed by atoms with Crippen molar-refractivity contribution >= 4 is 39.8 Å². The lowest BCUT2D eigenvalue weighted by Gasteiger charge is -2.20. The maximum absolute atomic E-state index is 12.8. The molecule has 0 bridgehead atoms. The molecule has 1 aromatic heterocycles. The molecule has 0 spiro atoms. The summed E-state index contributed by atoms with van der Waals surface area (Å²) in [4.78, 5) is 17.1. The molecule has 0 saturated heterocycles. The van der Waals surface area contributed by atoms with Crippen molar-refractivity contribution in [1.82, 2.24) is 9.58 Å². The largest absolute Gasteiger partial charge is 0.318 e. The van der Waals surface area contributed by atoms with E-state index in [1.54, 1.807) is 6.08 Å². The lowest BCUT2D eigenvalue weighted by molar-refractivity contribution is -0.114. The van der Waals surface area contributed by atoms with Crippen LogP contribution in [0.15, 0.2) is 76.3 Å². The molecular weight excluding hydrogens is 418 g/mol. The van der Waals surface area contributed by atoms with Crippen LogP contribution in [-0.2, 0) is 4.79 Å². The number of benzene rings is 2. The van der Waals surface area contributed by atoms with Crippen molar-refractivity contribution in [1.29, 1.82) is 5.41 Å². The molecule has 7 heteroatoms. The average molecular weight is 440 g/mol. The van der Waals surface area contributed by atoms with Gasteiger partial charge in [-0.15, -0.1) is 0 Å². The molecule has 0 saturated carbocycles. The Morgan fingerprint density at radius 3 is 2.53 bits per heavy atom. The zero-order valence-corrected chi connectivity index (χ0v) is 18.8. The molecule has 0 aliphatic carbocycles. The summed E-state index contributed by atoms with van der Waals surface area (Å²) in [6.07, 6.45) is 1.75. The summed E-state index contributed by atoms with van der Waals surface area (Å²) >= 11 is 1.31. The summed E-state index contributed by atoms with van der Waals surface area (Å²) < 4.78 is 2.14. The first kappa shape index (κ1) is 20.2. The molecule has 0 fully saturated rings. The third-order valence-corrected chi connectivity index (χ3v) is 6.46. The van der Waals surface area contributed by atoms with Crippen molar-refractivity contribution in [2.75, 3.05) is 0 Å². The predicted molar refractivity (Wildman–Crippen MR) is 131 cm³/mol. The monoisotopic (exact) mass is 439 g/mol. The number of aryl methyl sites for hydroxylation is 2. The van der Waals surface area contributed by atoms with Crippen LogP contribution >= 0.6 is 11.8 Å². The second kappa shape index (κ2) is 7.76. The van der Waals surface area contributed by atoms with Gasteiger partial charge in [0, 0.05) is 22.6 Å². The minimum absolute atomic E-state index is 0.0414. The van der Waals surface area contributed by atoms with Gasteiger partial charge in [0.2, 0.25) is 5.17 Å². The van der Waals surface area contributed by atoms with E-state index in [0.29, 0.717) is 5.17 Å². The van der Waals surface area contributed by atoms with Gasteiger partial charge in [-0.05, 0) is 68.4 Å². The normalized spacial score (nSPS) is 17.0. The molecule has 2 aromatic carbocycles. The Balaban J connectivity index is 1.52. The van der Waals surface area contributed by atoms with E-state index in [0.717, 1.165) is 38.8 Å². The number of rotatable bonds is 3. The van der Waals surface area contributed by atoms with E-state index in [1.165, 1.54) is 16.8 Å². The standard InChI is InChI=1S/C25H21N5OS/c1-15-8-7-9-18(12-15)24-28-30-22(26)21(23(31)27-25(30)32-24)14-19-13-16(2)29(17(19)3)20-10-5-4-6-11-20/h4-14,26H,1-3H3/b21-14-,26-22?. The highest BCUT2D eigenvalue weighted by atomic mass is 32.2. The van der Waals surface area contributed by atoms with Gasteiger partial charge >= 0.3 is 0 Å². The highest BCUT2D eigenvalue weighted by Gasteiger charge is 2.36. The van der Waals surface area contributed by atoms with Crippen molar-refractivity contribution in [3.63, 3.8) is 0 Å². The Hall–Kier alpha value is -3.71. The fraction of sp³-hybridized carbons (Fsp3) is 0.120. The number of amidine groups is 2. The molecule has 1 N–H and O–H groups in total. The van der Waals surface area contributed by atoms with Gasteiger partial charge in [0.25, 0.3) is 5.91 Å². The molecule has 2 aliphatic rings. The minimum Gasteiger partial charge on any atom is -0.318 e. The van der Waals surface area contributed by atoms with Gasteiger partial charge in [-0.2, -0.15) is 15.1 Å². The third kappa shape index (κ3) is 3.40. The zero-order chi connectivity index (χ0) is 22.4. The lowest BCUT2D eigenvalue weighted by atomic mass is 10.1. The summed E-state index contributed by atoms with van der Waals surface area (Å²) in [5, 5.41) is 15.9. The smallest absolute Gasteiger partial charge is 0.283 e. The number of hydrogen-bond acceptors (Lipinski definition) is 4. The van der Waals surface area contributed by atoms with Crippen LogP contribution in [0, 0.1) is 26.2 Å². The van der Waals surface area contributed by atoms with Crippen LogP contribution in [0.3, 0.4) is 0 Å². The van der Waals surface area contributed by atoms with E-state index in [2.05, 4.69) is 14.7 Å². The minimum atomic E-state index is -0.418. The molecule has 32 heavy (non-hydrogen) atoms. The van der Waals surface area contributed by atoms with E-state index >= 15 is 0 Å². The molecule has 0 atom stereocenters. The van der Waals surface area contributed by atoms with Crippen molar-refractivity contribution < 1.29 is 4.79 Å². The van der Waals surface area contributed by atoms with E-state index in [4.69, 9.17) is 5.41 Å². The second-order valence-electron chi connectivity index (χ2n) is 7.79. The predicted octanol–water partition coefficient (Wildman–Crippen LogP) is 5.07. The Bertz CT molecular complexity index is 1360. The summed E-state index contributed by atoms with van der Waals surface area (Å²) in [6.45, 7) is 6.06. The number of hydrogen-bond donors (Lipinski definition) is 1. The van der Waals surface area contributed by atoms with Crippen LogP contribution in [0.1, 0.15) is 28.1 Å². The highest BCUT2D eigenvalue weighted by Crippen LogP contribution is 2.32. The molecule has 5 rings (SSSR count). The van der Waals surface area contributed by atoms with Gasteiger partial charge < -0.3 is 4.57 Å². The first-order chi connectivity index (χ1) is 15.4. The first-order valence-corrected chi connectivity index (χ1v) is 11.1. The van der Waals surface area contributed by atoms with Crippen LogP contribution < -0.4 is 0 Å². The van der Waals surface area contributed by atoms with E-state index < -0.39 is 5.91 Å². The van der Waals surface area contributed by atoms with Gasteiger partial charge in [0.15, 0.2) is 5.84 Å². The quantitative estimate of drug-likeness (QED) is 0.579. The third-order valence-electron chi connectivity index (χ3n) is 5.50. The average Bonchev–Trinajstić information content (AvgIpc) is 3.32. The number of fused-ring (bicyclic) bond motifs is 1. The van der Waals surface area contributed by atoms with Crippen LogP contribution in [0.2, 0.25) is 0 Å². The molecular formula is C25H21N5OS. The summed E-state index contributed by atoms with van der Waals surface area (Å²) in [6, 6.07) is 20.1. The molecule has 1 amide bonds. The van der Waals surface area contributed by atoms with Gasteiger partial charge in [-0.25, -0.2) is 0 Å². The molecule has 3 heterocycles. The number of para-hydroxylation sites is 1. The van der Waals surface area contributed by atoms with Crippen molar-refractivity contribution in [3.8, 4) is 5.69 Å². The fourth-order valence-corrected chi connectivity index (χ4v) is 4.84. The van der Waals surface area contributed by atoms with Crippen LogP contribution in [0.4, 0.5) is 0 Å². The number of carbonyl (C=O) groups is 1. The maximum atomic E-state index is 12.8. The molecule has 0 unspecified atom stereocenters. The molecule has 2 aliphatic heterocycles. The number of aliphatic imine (C=N–C) groups is 1. The Kier molecular flexibility index (Phi) is 4.90. The van der Waals surface area contributed by atoms with E-state index in [-0.39, 0.29) is 11.4 Å². The molecule has 3 aromatic rings. The lowest BCUT2D eigenvalue weighted by Crippen LogP contribution is -2.35. The Labute approximate surface area is 190 Å². The maximum Gasteiger partial charge on any atom is 0.283 e. The first-order valence-electron chi connectivity index (χ1n) is 10.2. The second-order valence-corrected chi connectivity index (χ2v) is 8.75. The summed E-state index contributed by atoms with van der Waals surface area (Å²) in [5.41, 5.74) is 6.29. The number of carbonyl (C=O) groups excluding carboxylic acids is 1. The van der Waals surface area contributed by atoms with Crippen molar-refractivity contribution in [2.45, 2.75) is 20.8 Å². The molecule has 158 valence electrons. The zero-order valence-electron chi connectivity index (χ0n) is 18.0. The Morgan fingerprint density at radius 2 is 1.78 bits per heavy atom. The summed E-state index contributed by atoms with van der Waals surface area (Å²) in [5.74, 6) is -0.376. The molecule has 0 radical (unpaired) electrons. The Morgan fingerprint density at radius 1 is 1.00 bits per heavy atom. The van der Waals surface area contributed by atoms with Gasteiger partial charge in [0.05, 0.1) is 5.57 Å². The fourth-order valence-electron chi connectivity index (χ4n) is 3.95. The number of nitrogens with zero attached hydrogens (tertiary/aromatic N) is 4. The van der Waals surface area contributed by atoms with Crippen LogP contribution in [0.25, 0.3) is 11.8 Å².